The van der Waals surface area contributed by atoms with Crippen molar-refractivity contribution in [3.05, 3.63) is 65.5 Å². The Balaban J connectivity index is 2.07. The summed E-state index contributed by atoms with van der Waals surface area (Å²) in [6.07, 6.45) is -1.08. The van der Waals surface area contributed by atoms with Crippen LogP contribution in [0.4, 0.5) is 4.39 Å². The van der Waals surface area contributed by atoms with Crippen molar-refractivity contribution in [2.45, 2.75) is 6.10 Å². The summed E-state index contributed by atoms with van der Waals surface area (Å²) in [6, 6.07) is 14.7. The molecule has 2 aromatic rings. The van der Waals surface area contributed by atoms with E-state index in [1.807, 2.05) is 6.07 Å². The number of para-hydroxylation sites is 1. The van der Waals surface area contributed by atoms with Gasteiger partial charge in [-0.3, -0.25) is 0 Å². The van der Waals surface area contributed by atoms with E-state index in [1.165, 1.54) is 12.1 Å². The second-order valence-corrected chi connectivity index (χ2v) is 3.96. The van der Waals surface area contributed by atoms with Crippen LogP contribution in [0.1, 0.15) is 17.2 Å². The predicted octanol–water partition coefficient (Wildman–Crippen LogP) is 2.81. The van der Waals surface area contributed by atoms with Gasteiger partial charge in [-0.15, -0.1) is 0 Å². The summed E-state index contributed by atoms with van der Waals surface area (Å²) in [5, 5.41) is 18.8. The fraction of sp³-hybridized carbons (Fsp3) is 0.133. The van der Waals surface area contributed by atoms with Crippen LogP contribution in [0.25, 0.3) is 0 Å². The molecule has 2 rings (SSSR count). The van der Waals surface area contributed by atoms with Gasteiger partial charge in [0, 0.05) is 5.56 Å². The minimum Gasteiger partial charge on any atom is -0.489 e. The number of hydrogen-bond acceptors (Lipinski definition) is 3. The summed E-state index contributed by atoms with van der Waals surface area (Å²) in [6.45, 7) is -0.111. The molecule has 2 aromatic carbocycles. The Bertz CT molecular complexity index is 607. The van der Waals surface area contributed by atoms with E-state index < -0.39 is 11.9 Å². The third-order valence-corrected chi connectivity index (χ3v) is 2.67. The highest BCUT2D eigenvalue weighted by atomic mass is 19.1. The smallest absolute Gasteiger partial charge is 0.137 e. The lowest BCUT2D eigenvalue weighted by Crippen LogP contribution is -2.11. The summed E-state index contributed by atoms with van der Waals surface area (Å²) in [4.78, 5) is 0. The van der Waals surface area contributed by atoms with Gasteiger partial charge in [0.05, 0.1) is 5.56 Å². The number of aliphatic hydroxyl groups excluding tert-OH is 1. The van der Waals surface area contributed by atoms with Crippen molar-refractivity contribution in [2.24, 2.45) is 0 Å². The van der Waals surface area contributed by atoms with Gasteiger partial charge < -0.3 is 9.84 Å². The third kappa shape index (κ3) is 3.09. The van der Waals surface area contributed by atoms with Gasteiger partial charge in [-0.25, -0.2) is 4.39 Å². The number of rotatable bonds is 4. The van der Waals surface area contributed by atoms with Crippen molar-refractivity contribution in [3.63, 3.8) is 0 Å². The van der Waals surface area contributed by atoms with Gasteiger partial charge in [-0.2, -0.15) is 5.26 Å². The number of nitrogens with zero attached hydrogens (tertiary/aromatic N) is 1. The number of hydrogen-bond donors (Lipinski definition) is 1. The van der Waals surface area contributed by atoms with E-state index in [4.69, 9.17) is 10.00 Å². The highest BCUT2D eigenvalue weighted by molar-refractivity contribution is 5.42. The highest BCUT2D eigenvalue weighted by Gasteiger charge is 2.13. The van der Waals surface area contributed by atoms with Crippen LogP contribution in [0.3, 0.4) is 0 Å². The van der Waals surface area contributed by atoms with Gasteiger partial charge in [0.25, 0.3) is 0 Å². The van der Waals surface area contributed by atoms with Gasteiger partial charge in [-0.1, -0.05) is 30.3 Å². The fourth-order valence-electron chi connectivity index (χ4n) is 1.69. The number of ether oxygens (including phenoxy) is 1. The number of halogens is 1. The van der Waals surface area contributed by atoms with E-state index in [-0.39, 0.29) is 12.2 Å². The number of benzene rings is 2. The Morgan fingerprint density at radius 3 is 2.58 bits per heavy atom. The molecule has 0 aliphatic carbocycles. The van der Waals surface area contributed by atoms with Crippen molar-refractivity contribution < 1.29 is 14.2 Å². The largest absolute Gasteiger partial charge is 0.489 e. The van der Waals surface area contributed by atoms with Gasteiger partial charge in [0.15, 0.2) is 0 Å². The molecule has 1 N–H and O–H groups in total. The van der Waals surface area contributed by atoms with Crippen molar-refractivity contribution >= 4 is 0 Å². The molecule has 0 spiro atoms. The van der Waals surface area contributed by atoms with E-state index in [0.717, 1.165) is 0 Å². The van der Waals surface area contributed by atoms with Crippen LogP contribution in [0, 0.1) is 17.1 Å². The van der Waals surface area contributed by atoms with Crippen LogP contribution in [-0.2, 0) is 0 Å². The molecule has 4 heteroatoms. The van der Waals surface area contributed by atoms with Crippen molar-refractivity contribution in [1.82, 2.24) is 0 Å². The molecular formula is C15H12FNO2. The summed E-state index contributed by atoms with van der Waals surface area (Å²) in [5.41, 5.74) is 0.556. The van der Waals surface area contributed by atoms with E-state index in [0.29, 0.717) is 11.3 Å². The maximum Gasteiger partial charge on any atom is 0.137 e. The van der Waals surface area contributed by atoms with Crippen LogP contribution < -0.4 is 4.74 Å². The van der Waals surface area contributed by atoms with Crippen molar-refractivity contribution in [2.75, 3.05) is 6.61 Å². The van der Waals surface area contributed by atoms with Gasteiger partial charge in [0.1, 0.15) is 30.3 Å². The third-order valence-electron chi connectivity index (χ3n) is 2.67. The zero-order valence-corrected chi connectivity index (χ0v) is 10.1. The molecule has 0 aliphatic rings. The van der Waals surface area contributed by atoms with Crippen LogP contribution >= 0.6 is 0 Å². The van der Waals surface area contributed by atoms with Crippen LogP contribution in [0.15, 0.2) is 48.5 Å². The topological polar surface area (TPSA) is 53.2 Å². The minimum atomic E-state index is -1.08. The first-order valence-corrected chi connectivity index (χ1v) is 5.77. The first-order valence-electron chi connectivity index (χ1n) is 5.77. The molecule has 3 nitrogen and oxygen atoms in total. The maximum absolute atomic E-state index is 13.4. The van der Waals surface area contributed by atoms with E-state index in [9.17, 15) is 9.50 Å². The summed E-state index contributed by atoms with van der Waals surface area (Å²) in [5.74, 6) is -0.104. The van der Waals surface area contributed by atoms with Gasteiger partial charge in [0.2, 0.25) is 0 Å². The summed E-state index contributed by atoms with van der Waals surface area (Å²) < 4.78 is 18.8. The fourth-order valence-corrected chi connectivity index (χ4v) is 1.69. The first kappa shape index (κ1) is 13.1. The van der Waals surface area contributed by atoms with Crippen molar-refractivity contribution in [3.8, 4) is 11.8 Å². The molecule has 1 atom stereocenters. The Kier molecular flexibility index (Phi) is 4.11. The molecule has 1 unspecified atom stereocenters. The van der Waals surface area contributed by atoms with E-state index >= 15 is 0 Å². The van der Waals surface area contributed by atoms with Crippen molar-refractivity contribution in [1.29, 1.82) is 5.26 Å². The van der Waals surface area contributed by atoms with Crippen LogP contribution in [0.2, 0.25) is 0 Å². The zero-order valence-electron chi connectivity index (χ0n) is 10.1. The molecule has 0 amide bonds. The minimum absolute atomic E-state index is 0.111. The zero-order chi connectivity index (χ0) is 13.7. The Morgan fingerprint density at radius 2 is 1.84 bits per heavy atom. The predicted molar refractivity (Wildman–Crippen MR) is 68.0 cm³/mol. The molecule has 0 radical (unpaired) electrons. The summed E-state index contributed by atoms with van der Waals surface area (Å²) in [7, 11) is 0. The molecule has 19 heavy (non-hydrogen) atoms. The lowest BCUT2D eigenvalue weighted by Gasteiger charge is -2.13. The molecule has 0 bridgehead atoms. The SMILES string of the molecule is N#Cc1ccccc1OCC(O)c1ccccc1F. The standard InChI is InChI=1S/C15H12FNO2/c16-13-7-3-2-6-12(13)14(18)10-19-15-8-4-1-5-11(15)9-17/h1-8,14,18H,10H2. The van der Waals surface area contributed by atoms with Crippen LogP contribution in [0.5, 0.6) is 5.75 Å². The van der Waals surface area contributed by atoms with E-state index in [1.54, 1.807) is 36.4 Å². The number of nitriles is 1. The quantitative estimate of drug-likeness (QED) is 0.916. The molecule has 0 heterocycles. The monoisotopic (exact) mass is 257 g/mol. The second kappa shape index (κ2) is 5.98. The molecule has 0 saturated heterocycles. The van der Waals surface area contributed by atoms with Crippen LogP contribution in [-0.4, -0.2) is 11.7 Å². The normalized spacial score (nSPS) is 11.6. The Morgan fingerprint density at radius 1 is 1.16 bits per heavy atom. The first-order chi connectivity index (χ1) is 9.22. The van der Waals surface area contributed by atoms with E-state index in [2.05, 4.69) is 0 Å². The van der Waals surface area contributed by atoms with Gasteiger partial charge >= 0.3 is 0 Å². The second-order valence-electron chi connectivity index (χ2n) is 3.96. The highest BCUT2D eigenvalue weighted by Crippen LogP contribution is 2.21. The Hall–Kier alpha value is -2.38. The lowest BCUT2D eigenvalue weighted by molar-refractivity contribution is 0.105. The number of aliphatic hydroxyl groups is 1. The average Bonchev–Trinajstić information content (AvgIpc) is 2.45. The molecule has 96 valence electrons. The lowest BCUT2D eigenvalue weighted by atomic mass is 10.1. The molecule has 0 fully saturated rings. The maximum atomic E-state index is 13.4. The average molecular weight is 257 g/mol. The molecule has 0 aromatic heterocycles. The summed E-state index contributed by atoms with van der Waals surface area (Å²) >= 11 is 0. The Labute approximate surface area is 110 Å². The molecular weight excluding hydrogens is 245 g/mol. The molecule has 0 saturated carbocycles. The molecule has 0 aliphatic heterocycles. The van der Waals surface area contributed by atoms with Gasteiger partial charge in [-0.05, 0) is 18.2 Å².